The monoisotopic (exact) mass is 332 g/mol. The van der Waals surface area contributed by atoms with E-state index in [4.69, 9.17) is 4.74 Å². The number of hydrogen-bond donors (Lipinski definition) is 1. The van der Waals surface area contributed by atoms with Crippen LogP contribution in [0.5, 0.6) is 5.88 Å². The van der Waals surface area contributed by atoms with Crippen LogP contribution in [0.2, 0.25) is 0 Å². The molecular weight excluding hydrogens is 304 g/mol. The molecule has 1 aliphatic heterocycles. The zero-order chi connectivity index (χ0) is 16.8. The van der Waals surface area contributed by atoms with Crippen LogP contribution >= 0.6 is 0 Å². The highest BCUT2D eigenvalue weighted by molar-refractivity contribution is 5.74. The normalized spacial score (nSPS) is 22.7. The Kier molecular flexibility index (Phi) is 5.88. The molecule has 1 aromatic rings. The van der Waals surface area contributed by atoms with E-state index in [9.17, 15) is 4.79 Å². The number of carbonyl (C=O) groups excluding carboxylic acids is 1. The first kappa shape index (κ1) is 17.0. The minimum absolute atomic E-state index is 0.00404. The van der Waals surface area contributed by atoms with Crippen molar-refractivity contribution < 1.29 is 9.53 Å². The second-order valence-electron chi connectivity index (χ2n) is 6.98. The summed E-state index contributed by atoms with van der Waals surface area (Å²) in [6, 6.07) is 4.13. The molecule has 2 aliphatic rings. The molecular formula is C18H28N4O2. The first-order valence-electron chi connectivity index (χ1n) is 9.23. The number of carbonyl (C=O) groups is 1. The molecule has 1 aromatic heterocycles. The van der Waals surface area contributed by atoms with Gasteiger partial charge in [0.05, 0.1) is 12.2 Å². The Morgan fingerprint density at radius 3 is 2.62 bits per heavy atom. The van der Waals surface area contributed by atoms with Crippen LogP contribution < -0.4 is 10.1 Å². The first-order valence-corrected chi connectivity index (χ1v) is 9.23. The van der Waals surface area contributed by atoms with Crippen molar-refractivity contribution in [1.82, 2.24) is 20.4 Å². The van der Waals surface area contributed by atoms with Gasteiger partial charge in [0.15, 0.2) is 0 Å². The summed E-state index contributed by atoms with van der Waals surface area (Å²) in [4.78, 5) is 14.4. The number of rotatable bonds is 3. The number of nitrogens with zero attached hydrogens (tertiary/aromatic N) is 3. The molecule has 0 radical (unpaired) electrons. The molecule has 1 aliphatic carbocycles. The Balaban J connectivity index is 1.50. The fourth-order valence-electron chi connectivity index (χ4n) is 3.53. The van der Waals surface area contributed by atoms with Crippen LogP contribution in [0.3, 0.4) is 0 Å². The molecule has 0 bridgehead atoms. The SMILES string of the molecule is Cc1ccc(OC2CCCN(C(=O)NC3CCCCCC3)C2)nn1. The largest absolute Gasteiger partial charge is 0.471 e. The number of hydrogen-bond acceptors (Lipinski definition) is 4. The lowest BCUT2D eigenvalue weighted by atomic mass is 10.1. The molecule has 0 aromatic carbocycles. The predicted molar refractivity (Wildman–Crippen MR) is 92.0 cm³/mol. The molecule has 2 fully saturated rings. The van der Waals surface area contributed by atoms with Gasteiger partial charge in [-0.2, -0.15) is 5.10 Å². The number of likely N-dealkylation sites (tertiary alicyclic amines) is 1. The van der Waals surface area contributed by atoms with Crippen molar-refractivity contribution in [3.05, 3.63) is 17.8 Å². The standard InChI is InChI=1S/C18H28N4O2/c1-14-10-11-17(21-20-14)24-16-9-6-12-22(13-16)18(23)19-15-7-4-2-3-5-8-15/h10-11,15-16H,2-9,12-13H2,1H3,(H,19,23). The zero-order valence-corrected chi connectivity index (χ0v) is 14.5. The highest BCUT2D eigenvalue weighted by Crippen LogP contribution is 2.19. The van der Waals surface area contributed by atoms with Crippen molar-refractivity contribution in [2.45, 2.75) is 70.4 Å². The second-order valence-corrected chi connectivity index (χ2v) is 6.98. The Labute approximate surface area is 144 Å². The highest BCUT2D eigenvalue weighted by Gasteiger charge is 2.26. The van der Waals surface area contributed by atoms with E-state index in [2.05, 4.69) is 15.5 Å². The van der Waals surface area contributed by atoms with Gasteiger partial charge in [0.1, 0.15) is 6.10 Å². The van der Waals surface area contributed by atoms with Gasteiger partial charge in [0.25, 0.3) is 0 Å². The van der Waals surface area contributed by atoms with Gasteiger partial charge in [-0.1, -0.05) is 25.7 Å². The van der Waals surface area contributed by atoms with E-state index in [1.165, 1.54) is 25.7 Å². The summed E-state index contributed by atoms with van der Waals surface area (Å²) in [7, 11) is 0. The first-order chi connectivity index (χ1) is 11.7. The lowest BCUT2D eigenvalue weighted by molar-refractivity contribution is 0.0956. The summed E-state index contributed by atoms with van der Waals surface area (Å²) in [6.07, 6.45) is 9.16. The Morgan fingerprint density at radius 1 is 1.12 bits per heavy atom. The quantitative estimate of drug-likeness (QED) is 0.864. The van der Waals surface area contributed by atoms with Crippen LogP contribution in [0, 0.1) is 6.92 Å². The lowest BCUT2D eigenvalue weighted by Gasteiger charge is -2.33. The fraction of sp³-hybridized carbons (Fsp3) is 0.722. The third kappa shape index (κ3) is 4.82. The Morgan fingerprint density at radius 2 is 1.92 bits per heavy atom. The Bertz CT molecular complexity index is 526. The van der Waals surface area contributed by atoms with Crippen LogP contribution in [0.25, 0.3) is 0 Å². The van der Waals surface area contributed by atoms with E-state index >= 15 is 0 Å². The smallest absolute Gasteiger partial charge is 0.317 e. The Hall–Kier alpha value is -1.85. The number of ether oxygens (including phenoxy) is 1. The molecule has 6 nitrogen and oxygen atoms in total. The zero-order valence-electron chi connectivity index (χ0n) is 14.5. The average Bonchev–Trinajstić information content (AvgIpc) is 2.86. The topological polar surface area (TPSA) is 67.3 Å². The van der Waals surface area contributed by atoms with E-state index in [1.807, 2.05) is 24.0 Å². The van der Waals surface area contributed by atoms with Gasteiger partial charge in [-0.05, 0) is 38.7 Å². The van der Waals surface area contributed by atoms with Gasteiger partial charge in [-0.3, -0.25) is 0 Å². The van der Waals surface area contributed by atoms with Gasteiger partial charge in [0, 0.05) is 18.7 Å². The summed E-state index contributed by atoms with van der Waals surface area (Å²) >= 11 is 0. The third-order valence-electron chi connectivity index (χ3n) is 4.91. The van der Waals surface area contributed by atoms with Crippen molar-refractivity contribution >= 4 is 6.03 Å². The molecule has 3 rings (SSSR count). The summed E-state index contributed by atoms with van der Waals surface area (Å²) in [5.41, 5.74) is 0.871. The van der Waals surface area contributed by atoms with Crippen molar-refractivity contribution in [3.8, 4) is 5.88 Å². The fourth-order valence-corrected chi connectivity index (χ4v) is 3.53. The van der Waals surface area contributed by atoms with Crippen molar-refractivity contribution in [2.24, 2.45) is 0 Å². The minimum Gasteiger partial charge on any atom is -0.471 e. The molecule has 24 heavy (non-hydrogen) atoms. The van der Waals surface area contributed by atoms with E-state index < -0.39 is 0 Å². The van der Waals surface area contributed by atoms with Gasteiger partial charge >= 0.3 is 6.03 Å². The van der Waals surface area contributed by atoms with Gasteiger partial charge in [0.2, 0.25) is 5.88 Å². The van der Waals surface area contributed by atoms with E-state index in [0.717, 1.165) is 37.9 Å². The molecule has 1 saturated carbocycles. The molecule has 0 spiro atoms. The number of aryl methyl sites for hydroxylation is 1. The van der Waals surface area contributed by atoms with Crippen LogP contribution in [0.1, 0.15) is 57.1 Å². The van der Waals surface area contributed by atoms with Gasteiger partial charge < -0.3 is 15.0 Å². The van der Waals surface area contributed by atoms with E-state index in [-0.39, 0.29) is 12.1 Å². The maximum absolute atomic E-state index is 12.6. The van der Waals surface area contributed by atoms with E-state index in [1.54, 1.807) is 0 Å². The van der Waals surface area contributed by atoms with Gasteiger partial charge in [-0.25, -0.2) is 4.79 Å². The molecule has 6 heteroatoms. The lowest BCUT2D eigenvalue weighted by Crippen LogP contribution is -2.50. The molecule has 1 N–H and O–H groups in total. The van der Waals surface area contributed by atoms with Crippen LogP contribution in [-0.2, 0) is 0 Å². The molecule has 1 saturated heterocycles. The van der Waals surface area contributed by atoms with Crippen LogP contribution in [-0.4, -0.2) is 46.4 Å². The number of urea groups is 1. The summed E-state index contributed by atoms with van der Waals surface area (Å²) < 4.78 is 5.91. The molecule has 2 heterocycles. The minimum atomic E-state index is -0.00404. The number of piperidine rings is 1. The maximum Gasteiger partial charge on any atom is 0.317 e. The summed E-state index contributed by atoms with van der Waals surface area (Å²) in [5, 5.41) is 11.3. The average molecular weight is 332 g/mol. The summed E-state index contributed by atoms with van der Waals surface area (Å²) in [5.74, 6) is 0.539. The number of nitrogens with one attached hydrogen (secondary N) is 1. The summed E-state index contributed by atoms with van der Waals surface area (Å²) in [6.45, 7) is 3.32. The van der Waals surface area contributed by atoms with Crippen molar-refractivity contribution in [2.75, 3.05) is 13.1 Å². The van der Waals surface area contributed by atoms with Gasteiger partial charge in [-0.15, -0.1) is 5.10 Å². The third-order valence-corrected chi connectivity index (χ3v) is 4.91. The van der Waals surface area contributed by atoms with E-state index in [0.29, 0.717) is 18.5 Å². The number of aromatic nitrogens is 2. The van der Waals surface area contributed by atoms with Crippen molar-refractivity contribution in [1.29, 1.82) is 0 Å². The molecule has 132 valence electrons. The highest BCUT2D eigenvalue weighted by atomic mass is 16.5. The maximum atomic E-state index is 12.6. The van der Waals surface area contributed by atoms with Crippen LogP contribution in [0.15, 0.2) is 12.1 Å². The number of amides is 2. The molecule has 1 unspecified atom stereocenters. The molecule has 2 amide bonds. The van der Waals surface area contributed by atoms with Crippen molar-refractivity contribution in [3.63, 3.8) is 0 Å². The second kappa shape index (κ2) is 8.31. The predicted octanol–water partition coefficient (Wildman–Crippen LogP) is 3.06. The molecule has 1 atom stereocenters. The van der Waals surface area contributed by atoms with Crippen LogP contribution in [0.4, 0.5) is 4.79 Å².